The third-order valence-electron chi connectivity index (χ3n) is 4.69. The molecule has 0 bridgehead atoms. The highest BCUT2D eigenvalue weighted by Crippen LogP contribution is 2.32. The Morgan fingerprint density at radius 3 is 2.54 bits per heavy atom. The maximum Gasteiger partial charge on any atom is 0.353 e. The highest BCUT2D eigenvalue weighted by molar-refractivity contribution is 7.98. The first-order chi connectivity index (χ1) is 12.6. The molecule has 5 heteroatoms. The Kier molecular flexibility index (Phi) is 4.88. The fourth-order valence-electron chi connectivity index (χ4n) is 3.34. The van der Waals surface area contributed by atoms with Crippen LogP contribution >= 0.6 is 23.4 Å². The van der Waals surface area contributed by atoms with Gasteiger partial charge in [0.1, 0.15) is 5.03 Å². The number of fused-ring (bicyclic) bond motifs is 1. The third-order valence-corrected chi connectivity index (χ3v) is 6.03. The van der Waals surface area contributed by atoms with E-state index in [0.29, 0.717) is 5.02 Å². The Morgan fingerprint density at radius 1 is 1.08 bits per heavy atom. The van der Waals surface area contributed by atoms with Crippen LogP contribution in [0.5, 0.6) is 0 Å². The average molecular weight is 383 g/mol. The van der Waals surface area contributed by atoms with Crippen molar-refractivity contribution in [3.63, 3.8) is 0 Å². The van der Waals surface area contributed by atoms with Gasteiger partial charge in [-0.15, -0.1) is 11.8 Å². The van der Waals surface area contributed by atoms with E-state index < -0.39 is 0 Å². The van der Waals surface area contributed by atoms with Crippen LogP contribution in [0.25, 0.3) is 5.69 Å². The minimum Gasteiger partial charge on any atom is -0.265 e. The van der Waals surface area contributed by atoms with Crippen LogP contribution in [0.2, 0.25) is 5.02 Å². The highest BCUT2D eigenvalue weighted by Gasteiger charge is 2.22. The fourth-order valence-corrected chi connectivity index (χ4v) is 4.50. The monoisotopic (exact) mass is 382 g/mol. The summed E-state index contributed by atoms with van der Waals surface area (Å²) in [6.45, 7) is 2.09. The van der Waals surface area contributed by atoms with Crippen LogP contribution in [0.1, 0.15) is 28.8 Å². The number of halogens is 1. The van der Waals surface area contributed by atoms with Gasteiger partial charge in [0.2, 0.25) is 0 Å². The predicted octanol–water partition coefficient (Wildman–Crippen LogP) is 4.98. The summed E-state index contributed by atoms with van der Waals surface area (Å²) < 4.78 is 1.74. The van der Waals surface area contributed by atoms with Crippen molar-refractivity contribution in [2.45, 2.75) is 37.0 Å². The van der Waals surface area contributed by atoms with Gasteiger partial charge in [-0.3, -0.25) is 4.57 Å². The number of benzene rings is 2. The second kappa shape index (κ2) is 7.29. The number of thioether (sulfide) groups is 1. The molecule has 26 heavy (non-hydrogen) atoms. The van der Waals surface area contributed by atoms with Gasteiger partial charge in [-0.2, -0.15) is 4.98 Å². The van der Waals surface area contributed by atoms with Crippen molar-refractivity contribution >= 4 is 23.4 Å². The van der Waals surface area contributed by atoms with Crippen molar-refractivity contribution in [1.82, 2.24) is 9.55 Å². The second-order valence-corrected chi connectivity index (χ2v) is 7.96. The maximum absolute atomic E-state index is 12.7. The molecule has 0 fully saturated rings. The van der Waals surface area contributed by atoms with E-state index in [2.05, 4.69) is 36.2 Å². The lowest BCUT2D eigenvalue weighted by Gasteiger charge is -2.14. The number of nitrogens with zero attached hydrogens (tertiary/aromatic N) is 2. The van der Waals surface area contributed by atoms with Crippen molar-refractivity contribution in [3.05, 3.63) is 86.4 Å². The van der Waals surface area contributed by atoms with Crippen molar-refractivity contribution < 1.29 is 0 Å². The summed E-state index contributed by atoms with van der Waals surface area (Å²) in [4.78, 5) is 17.2. The Balaban J connectivity index is 1.68. The number of hydrogen-bond donors (Lipinski definition) is 0. The molecular formula is C21H19ClN2OS. The zero-order valence-electron chi connectivity index (χ0n) is 14.5. The first-order valence-corrected chi connectivity index (χ1v) is 10.1. The smallest absolute Gasteiger partial charge is 0.265 e. The van der Waals surface area contributed by atoms with Gasteiger partial charge in [-0.25, -0.2) is 4.79 Å². The van der Waals surface area contributed by atoms with E-state index >= 15 is 0 Å². The van der Waals surface area contributed by atoms with Gasteiger partial charge in [-0.05, 0) is 56.0 Å². The molecule has 0 unspecified atom stereocenters. The molecule has 2 aromatic carbocycles. The normalized spacial score (nSPS) is 13.0. The number of aromatic nitrogens is 2. The molecule has 1 heterocycles. The fraction of sp³-hybridized carbons (Fsp3) is 0.238. The largest absolute Gasteiger partial charge is 0.353 e. The molecule has 0 amide bonds. The Morgan fingerprint density at radius 2 is 1.81 bits per heavy atom. The minimum atomic E-state index is -0.209. The first-order valence-electron chi connectivity index (χ1n) is 8.71. The van der Waals surface area contributed by atoms with Crippen LogP contribution in [-0.2, 0) is 18.6 Å². The molecule has 0 radical (unpaired) electrons. The molecule has 4 rings (SSSR count). The van der Waals surface area contributed by atoms with Crippen molar-refractivity contribution in [2.24, 2.45) is 0 Å². The summed E-state index contributed by atoms with van der Waals surface area (Å²) in [7, 11) is 0. The lowest BCUT2D eigenvalue weighted by atomic mass is 10.2. The summed E-state index contributed by atoms with van der Waals surface area (Å²) in [5.41, 5.74) is 5.44. The summed E-state index contributed by atoms with van der Waals surface area (Å²) >= 11 is 7.64. The topological polar surface area (TPSA) is 34.9 Å². The van der Waals surface area contributed by atoms with E-state index in [1.54, 1.807) is 16.3 Å². The summed E-state index contributed by atoms with van der Waals surface area (Å²) in [6, 6.07) is 15.9. The Hall–Kier alpha value is -2.04. The van der Waals surface area contributed by atoms with Gasteiger partial charge >= 0.3 is 5.69 Å². The molecule has 1 aliphatic rings. The van der Waals surface area contributed by atoms with E-state index in [4.69, 9.17) is 11.6 Å². The molecule has 3 nitrogen and oxygen atoms in total. The van der Waals surface area contributed by atoms with Crippen LogP contribution in [0.3, 0.4) is 0 Å². The highest BCUT2D eigenvalue weighted by atomic mass is 35.5. The van der Waals surface area contributed by atoms with Crippen molar-refractivity contribution in [2.75, 3.05) is 0 Å². The molecule has 0 saturated carbocycles. The van der Waals surface area contributed by atoms with Crippen LogP contribution in [0.15, 0.2) is 58.4 Å². The molecular weight excluding hydrogens is 364 g/mol. The maximum atomic E-state index is 12.7. The SMILES string of the molecule is Cc1ccc(CSc2nc(=O)n(-c3ccc(Cl)cc3)c3c2CCC3)cc1. The quantitative estimate of drug-likeness (QED) is 0.471. The van der Waals surface area contributed by atoms with E-state index in [-0.39, 0.29) is 5.69 Å². The van der Waals surface area contributed by atoms with Gasteiger partial charge in [0.05, 0.1) is 5.69 Å². The number of hydrogen-bond acceptors (Lipinski definition) is 3. The molecule has 0 aliphatic heterocycles. The van der Waals surface area contributed by atoms with Gasteiger partial charge in [0.25, 0.3) is 0 Å². The van der Waals surface area contributed by atoms with Gasteiger partial charge in [-0.1, -0.05) is 41.4 Å². The predicted molar refractivity (Wildman–Crippen MR) is 108 cm³/mol. The minimum absolute atomic E-state index is 0.209. The van der Waals surface area contributed by atoms with Crippen LogP contribution in [-0.4, -0.2) is 9.55 Å². The zero-order chi connectivity index (χ0) is 18.1. The Labute approximate surface area is 162 Å². The van der Waals surface area contributed by atoms with E-state index in [9.17, 15) is 4.79 Å². The van der Waals surface area contributed by atoms with Crippen molar-refractivity contribution in [3.8, 4) is 5.69 Å². The lowest BCUT2D eigenvalue weighted by Crippen LogP contribution is -2.25. The lowest BCUT2D eigenvalue weighted by molar-refractivity contribution is 0.802. The van der Waals surface area contributed by atoms with E-state index in [1.807, 2.05) is 24.3 Å². The first kappa shape index (κ1) is 17.4. The van der Waals surface area contributed by atoms with Gasteiger partial charge in [0, 0.05) is 22.0 Å². The van der Waals surface area contributed by atoms with E-state index in [1.165, 1.54) is 16.7 Å². The van der Waals surface area contributed by atoms with Crippen LogP contribution in [0.4, 0.5) is 0 Å². The standard InChI is InChI=1S/C21H19ClN2OS/c1-14-5-7-15(8-6-14)13-26-20-18-3-2-4-19(18)24(21(25)23-20)17-11-9-16(22)10-12-17/h5-12H,2-4,13H2,1H3. The molecule has 0 atom stereocenters. The Bertz CT molecular complexity index is 994. The zero-order valence-corrected chi connectivity index (χ0v) is 16.1. The third kappa shape index (κ3) is 3.44. The number of aryl methyl sites for hydroxylation is 1. The molecule has 132 valence electrons. The molecule has 1 aromatic heterocycles. The summed E-state index contributed by atoms with van der Waals surface area (Å²) in [6.07, 6.45) is 2.95. The molecule has 0 spiro atoms. The van der Waals surface area contributed by atoms with Gasteiger partial charge < -0.3 is 0 Å². The molecule has 0 N–H and O–H groups in total. The average Bonchev–Trinajstić information content (AvgIpc) is 3.12. The molecule has 1 aliphatic carbocycles. The van der Waals surface area contributed by atoms with E-state index in [0.717, 1.165) is 41.4 Å². The van der Waals surface area contributed by atoms with Crippen molar-refractivity contribution in [1.29, 1.82) is 0 Å². The summed E-state index contributed by atoms with van der Waals surface area (Å²) in [5, 5.41) is 1.55. The van der Waals surface area contributed by atoms with Gasteiger partial charge in [0.15, 0.2) is 0 Å². The number of rotatable bonds is 4. The summed E-state index contributed by atoms with van der Waals surface area (Å²) in [5.74, 6) is 0.824. The van der Waals surface area contributed by atoms with Crippen LogP contribution < -0.4 is 5.69 Å². The second-order valence-electron chi connectivity index (χ2n) is 6.56. The molecule has 0 saturated heterocycles. The van der Waals surface area contributed by atoms with Crippen LogP contribution in [0, 0.1) is 6.92 Å². The molecule has 3 aromatic rings.